The lowest BCUT2D eigenvalue weighted by Gasteiger charge is -2.19. The molecule has 1 N–H and O–H groups in total. The summed E-state index contributed by atoms with van der Waals surface area (Å²) in [6.07, 6.45) is 0.920. The van der Waals surface area contributed by atoms with Gasteiger partial charge in [-0.25, -0.2) is 0 Å². The molecule has 0 spiro atoms. The number of rotatable bonds is 6. The standard InChI is InChI=1S/C15H24N2O3/c1-11(2)20-14-10-12(6-7-13(14)17(18)19)16-9-8-15(3,4)5/h6-7,10-11,16H,8-9H2,1-5H3. The molecule has 0 amide bonds. The second kappa shape index (κ2) is 6.59. The first-order valence-electron chi connectivity index (χ1n) is 6.88. The van der Waals surface area contributed by atoms with Crippen LogP contribution in [-0.4, -0.2) is 17.6 Å². The van der Waals surface area contributed by atoms with Crippen LogP contribution in [0.2, 0.25) is 0 Å². The Balaban J connectivity index is 2.81. The summed E-state index contributed by atoms with van der Waals surface area (Å²) in [5, 5.41) is 14.2. The van der Waals surface area contributed by atoms with Crippen molar-refractivity contribution in [3.05, 3.63) is 28.3 Å². The molecule has 0 fully saturated rings. The average Bonchev–Trinajstić information content (AvgIpc) is 2.26. The molecule has 5 heteroatoms. The third-order valence-corrected chi connectivity index (χ3v) is 2.72. The molecule has 112 valence electrons. The second-order valence-corrected chi connectivity index (χ2v) is 6.34. The van der Waals surface area contributed by atoms with E-state index in [-0.39, 0.29) is 17.2 Å². The number of ether oxygens (including phenoxy) is 1. The van der Waals surface area contributed by atoms with Crippen LogP contribution in [0.25, 0.3) is 0 Å². The molecular weight excluding hydrogens is 256 g/mol. The fraction of sp³-hybridized carbons (Fsp3) is 0.600. The number of nitro groups is 1. The van der Waals surface area contributed by atoms with E-state index < -0.39 is 4.92 Å². The zero-order valence-corrected chi connectivity index (χ0v) is 12.9. The van der Waals surface area contributed by atoms with Gasteiger partial charge in [-0.15, -0.1) is 0 Å². The zero-order valence-electron chi connectivity index (χ0n) is 12.9. The van der Waals surface area contributed by atoms with Gasteiger partial charge in [-0.1, -0.05) is 20.8 Å². The van der Waals surface area contributed by atoms with E-state index in [1.165, 1.54) is 6.07 Å². The van der Waals surface area contributed by atoms with Crippen LogP contribution in [0, 0.1) is 15.5 Å². The smallest absolute Gasteiger partial charge is 0.311 e. The van der Waals surface area contributed by atoms with Crippen LogP contribution < -0.4 is 10.1 Å². The van der Waals surface area contributed by atoms with Gasteiger partial charge in [0.05, 0.1) is 11.0 Å². The maximum absolute atomic E-state index is 11.0. The fourth-order valence-electron chi connectivity index (χ4n) is 1.71. The Labute approximate surface area is 120 Å². The van der Waals surface area contributed by atoms with Gasteiger partial charge in [-0.2, -0.15) is 0 Å². The molecule has 0 saturated heterocycles. The number of hydrogen-bond donors (Lipinski definition) is 1. The maximum atomic E-state index is 11.0. The number of nitro benzene ring substituents is 1. The molecule has 1 aromatic rings. The molecule has 0 saturated carbocycles. The lowest BCUT2D eigenvalue weighted by Crippen LogP contribution is -2.13. The van der Waals surface area contributed by atoms with Crippen LogP contribution in [0.4, 0.5) is 11.4 Å². The summed E-state index contributed by atoms with van der Waals surface area (Å²) < 4.78 is 5.51. The topological polar surface area (TPSA) is 64.4 Å². The Morgan fingerprint density at radius 1 is 1.35 bits per heavy atom. The van der Waals surface area contributed by atoms with Crippen molar-refractivity contribution in [2.45, 2.75) is 47.1 Å². The predicted octanol–water partition coefficient (Wildman–Crippen LogP) is 4.23. The molecule has 0 unspecified atom stereocenters. The zero-order chi connectivity index (χ0) is 15.3. The fourth-order valence-corrected chi connectivity index (χ4v) is 1.71. The van der Waals surface area contributed by atoms with Gasteiger partial charge in [-0.3, -0.25) is 10.1 Å². The quantitative estimate of drug-likeness (QED) is 0.625. The maximum Gasteiger partial charge on any atom is 0.311 e. The highest BCUT2D eigenvalue weighted by molar-refractivity contribution is 5.58. The first-order chi connectivity index (χ1) is 9.19. The Bertz CT molecular complexity index is 465. The molecule has 20 heavy (non-hydrogen) atoms. The summed E-state index contributed by atoms with van der Waals surface area (Å²) in [6.45, 7) is 11.1. The highest BCUT2D eigenvalue weighted by Gasteiger charge is 2.17. The van der Waals surface area contributed by atoms with Gasteiger partial charge in [0.1, 0.15) is 0 Å². The van der Waals surface area contributed by atoms with E-state index in [9.17, 15) is 10.1 Å². The normalized spacial score (nSPS) is 11.5. The summed E-state index contributed by atoms with van der Waals surface area (Å²) >= 11 is 0. The van der Waals surface area contributed by atoms with E-state index in [0.717, 1.165) is 18.7 Å². The second-order valence-electron chi connectivity index (χ2n) is 6.34. The summed E-state index contributed by atoms with van der Waals surface area (Å²) in [7, 11) is 0. The largest absolute Gasteiger partial charge is 0.484 e. The summed E-state index contributed by atoms with van der Waals surface area (Å²) in [6, 6.07) is 4.89. The molecule has 0 heterocycles. The SMILES string of the molecule is CC(C)Oc1cc(NCCC(C)(C)C)ccc1[N+](=O)[O-]. The molecule has 0 atom stereocenters. The molecule has 0 radical (unpaired) electrons. The molecular formula is C15H24N2O3. The Morgan fingerprint density at radius 3 is 2.50 bits per heavy atom. The van der Waals surface area contributed by atoms with Crippen molar-refractivity contribution >= 4 is 11.4 Å². The number of benzene rings is 1. The van der Waals surface area contributed by atoms with Crippen molar-refractivity contribution < 1.29 is 9.66 Å². The lowest BCUT2D eigenvalue weighted by molar-refractivity contribution is -0.386. The van der Waals surface area contributed by atoms with Crippen molar-refractivity contribution in [1.82, 2.24) is 0 Å². The monoisotopic (exact) mass is 280 g/mol. The molecule has 1 aromatic carbocycles. The molecule has 0 aliphatic rings. The van der Waals surface area contributed by atoms with Crippen LogP contribution in [0.5, 0.6) is 5.75 Å². The molecule has 0 aliphatic heterocycles. The first kappa shape index (κ1) is 16.3. The highest BCUT2D eigenvalue weighted by atomic mass is 16.6. The number of nitrogens with one attached hydrogen (secondary N) is 1. The van der Waals surface area contributed by atoms with Gasteiger partial charge in [0.15, 0.2) is 5.75 Å². The average molecular weight is 280 g/mol. The van der Waals surface area contributed by atoms with Crippen molar-refractivity contribution in [2.24, 2.45) is 5.41 Å². The van der Waals surface area contributed by atoms with Gasteiger partial charge in [0.25, 0.3) is 0 Å². The van der Waals surface area contributed by atoms with Crippen LogP contribution >= 0.6 is 0 Å². The van der Waals surface area contributed by atoms with Gasteiger partial charge >= 0.3 is 5.69 Å². The van der Waals surface area contributed by atoms with Crippen LogP contribution in [0.3, 0.4) is 0 Å². The predicted molar refractivity (Wildman–Crippen MR) is 81.4 cm³/mol. The first-order valence-corrected chi connectivity index (χ1v) is 6.88. The van der Waals surface area contributed by atoms with E-state index in [2.05, 4.69) is 26.1 Å². The molecule has 5 nitrogen and oxygen atoms in total. The highest BCUT2D eigenvalue weighted by Crippen LogP contribution is 2.31. The van der Waals surface area contributed by atoms with Gasteiger partial charge < -0.3 is 10.1 Å². The third kappa shape index (κ3) is 5.47. The minimum absolute atomic E-state index is 0.0000661. The molecule has 0 aliphatic carbocycles. The van der Waals surface area contributed by atoms with E-state index in [1.54, 1.807) is 12.1 Å². The molecule has 0 bridgehead atoms. The van der Waals surface area contributed by atoms with Crippen LogP contribution in [0.1, 0.15) is 41.0 Å². The van der Waals surface area contributed by atoms with Gasteiger partial charge in [0.2, 0.25) is 0 Å². The van der Waals surface area contributed by atoms with Gasteiger partial charge in [-0.05, 0) is 31.7 Å². The number of anilines is 1. The van der Waals surface area contributed by atoms with E-state index in [1.807, 2.05) is 13.8 Å². The summed E-state index contributed by atoms with van der Waals surface area (Å²) in [5.74, 6) is 0.311. The minimum atomic E-state index is -0.420. The number of nitrogens with zero attached hydrogens (tertiary/aromatic N) is 1. The van der Waals surface area contributed by atoms with Crippen molar-refractivity contribution in [3.8, 4) is 5.75 Å². The van der Waals surface area contributed by atoms with Crippen LogP contribution in [0.15, 0.2) is 18.2 Å². The van der Waals surface area contributed by atoms with Crippen molar-refractivity contribution in [3.63, 3.8) is 0 Å². The van der Waals surface area contributed by atoms with Crippen molar-refractivity contribution in [2.75, 3.05) is 11.9 Å². The van der Waals surface area contributed by atoms with E-state index >= 15 is 0 Å². The lowest BCUT2D eigenvalue weighted by atomic mass is 9.92. The summed E-state index contributed by atoms with van der Waals surface area (Å²) in [4.78, 5) is 10.5. The minimum Gasteiger partial charge on any atom is -0.484 e. The van der Waals surface area contributed by atoms with Gasteiger partial charge in [0, 0.05) is 24.4 Å². The Hall–Kier alpha value is -1.78. The Kier molecular flexibility index (Phi) is 5.36. The summed E-state index contributed by atoms with van der Waals surface area (Å²) in [5.41, 5.74) is 1.10. The van der Waals surface area contributed by atoms with E-state index in [0.29, 0.717) is 5.75 Å². The van der Waals surface area contributed by atoms with Crippen molar-refractivity contribution in [1.29, 1.82) is 0 Å². The molecule has 1 rings (SSSR count). The number of hydrogen-bond acceptors (Lipinski definition) is 4. The Morgan fingerprint density at radius 2 is 2.00 bits per heavy atom. The van der Waals surface area contributed by atoms with E-state index in [4.69, 9.17) is 4.74 Å². The third-order valence-electron chi connectivity index (χ3n) is 2.72. The van der Waals surface area contributed by atoms with Crippen LogP contribution in [-0.2, 0) is 0 Å². The molecule has 0 aromatic heterocycles.